The molecule has 0 heterocycles. The Kier molecular flexibility index (Phi) is 4.30. The molecule has 0 aromatic heterocycles. The predicted molar refractivity (Wildman–Crippen MR) is 73.2 cm³/mol. The highest BCUT2D eigenvalue weighted by atomic mass is 19.1. The molecule has 5 heteroatoms. The van der Waals surface area contributed by atoms with Gasteiger partial charge < -0.3 is 11.1 Å². The first-order valence-electron chi connectivity index (χ1n) is 6.14. The minimum atomic E-state index is -0.616. The topological polar surface area (TPSA) is 55.1 Å². The molecule has 0 saturated carbocycles. The van der Waals surface area contributed by atoms with E-state index in [1.54, 1.807) is 24.3 Å². The Hall–Kier alpha value is -2.43. The van der Waals surface area contributed by atoms with Gasteiger partial charge in [0.2, 0.25) is 0 Å². The molecule has 0 aliphatic carbocycles. The van der Waals surface area contributed by atoms with Crippen LogP contribution in [0.4, 0.5) is 14.5 Å². The summed E-state index contributed by atoms with van der Waals surface area (Å²) in [6, 6.07) is 9.97. The van der Waals surface area contributed by atoms with Gasteiger partial charge in [0, 0.05) is 23.9 Å². The molecular formula is C15H14F2N2O. The van der Waals surface area contributed by atoms with E-state index in [-0.39, 0.29) is 12.5 Å². The van der Waals surface area contributed by atoms with Gasteiger partial charge in [-0.05, 0) is 36.2 Å². The highest BCUT2D eigenvalue weighted by molar-refractivity contribution is 5.94. The van der Waals surface area contributed by atoms with Gasteiger partial charge in [-0.2, -0.15) is 0 Å². The van der Waals surface area contributed by atoms with E-state index < -0.39 is 11.6 Å². The summed E-state index contributed by atoms with van der Waals surface area (Å²) in [6.07, 6.45) is 0.292. The van der Waals surface area contributed by atoms with Crippen LogP contribution >= 0.6 is 0 Å². The number of anilines is 1. The van der Waals surface area contributed by atoms with Crippen LogP contribution in [0.25, 0.3) is 0 Å². The Labute approximate surface area is 115 Å². The average Bonchev–Trinajstić information content (AvgIpc) is 2.41. The fraction of sp³-hybridized carbons (Fsp3) is 0.133. The van der Waals surface area contributed by atoms with Gasteiger partial charge in [0.25, 0.3) is 5.91 Å². The van der Waals surface area contributed by atoms with E-state index in [1.807, 2.05) is 0 Å². The lowest BCUT2D eigenvalue weighted by Gasteiger charge is -2.07. The maximum absolute atomic E-state index is 13.4. The van der Waals surface area contributed by atoms with E-state index in [9.17, 15) is 13.6 Å². The minimum Gasteiger partial charge on any atom is -0.399 e. The zero-order chi connectivity index (χ0) is 14.5. The van der Waals surface area contributed by atoms with Gasteiger partial charge in [0.1, 0.15) is 11.6 Å². The molecule has 3 N–H and O–H groups in total. The SMILES string of the molecule is Nc1cccc(C(=O)NCCc2ccc(F)cc2F)c1. The van der Waals surface area contributed by atoms with Crippen molar-refractivity contribution in [2.75, 3.05) is 12.3 Å². The third kappa shape index (κ3) is 3.54. The van der Waals surface area contributed by atoms with Crippen molar-refractivity contribution < 1.29 is 13.6 Å². The summed E-state index contributed by atoms with van der Waals surface area (Å²) in [7, 11) is 0. The van der Waals surface area contributed by atoms with Crippen LogP contribution in [0.1, 0.15) is 15.9 Å². The van der Waals surface area contributed by atoms with Crippen LogP contribution in [0.2, 0.25) is 0 Å². The van der Waals surface area contributed by atoms with E-state index in [0.717, 1.165) is 6.07 Å². The molecule has 104 valence electrons. The minimum absolute atomic E-state index is 0.260. The van der Waals surface area contributed by atoms with Crippen molar-refractivity contribution >= 4 is 11.6 Å². The van der Waals surface area contributed by atoms with Gasteiger partial charge in [-0.15, -0.1) is 0 Å². The number of carbonyl (C=O) groups is 1. The van der Waals surface area contributed by atoms with Crippen LogP contribution in [-0.4, -0.2) is 12.5 Å². The number of nitrogens with two attached hydrogens (primary N) is 1. The Morgan fingerprint density at radius 1 is 1.15 bits per heavy atom. The van der Waals surface area contributed by atoms with Crippen molar-refractivity contribution in [2.24, 2.45) is 0 Å². The molecule has 2 aromatic carbocycles. The molecule has 0 saturated heterocycles. The van der Waals surface area contributed by atoms with Crippen molar-refractivity contribution in [1.29, 1.82) is 0 Å². The molecule has 1 amide bonds. The Balaban J connectivity index is 1.91. The van der Waals surface area contributed by atoms with E-state index >= 15 is 0 Å². The summed E-state index contributed by atoms with van der Waals surface area (Å²) in [5.74, 6) is -1.50. The van der Waals surface area contributed by atoms with Crippen molar-refractivity contribution in [3.63, 3.8) is 0 Å². The summed E-state index contributed by atoms with van der Waals surface area (Å²) in [5, 5.41) is 2.66. The molecule has 0 spiro atoms. The van der Waals surface area contributed by atoms with Gasteiger partial charge >= 0.3 is 0 Å². The number of benzene rings is 2. The normalized spacial score (nSPS) is 10.3. The van der Waals surface area contributed by atoms with Crippen molar-refractivity contribution in [3.05, 3.63) is 65.2 Å². The van der Waals surface area contributed by atoms with Crippen molar-refractivity contribution in [2.45, 2.75) is 6.42 Å². The van der Waals surface area contributed by atoms with E-state index in [4.69, 9.17) is 5.73 Å². The summed E-state index contributed by atoms with van der Waals surface area (Å²) >= 11 is 0. The first-order chi connectivity index (χ1) is 9.56. The number of carbonyl (C=O) groups excluding carboxylic acids is 1. The van der Waals surface area contributed by atoms with Crippen LogP contribution in [0.3, 0.4) is 0 Å². The van der Waals surface area contributed by atoms with E-state index in [0.29, 0.717) is 23.2 Å². The summed E-state index contributed by atoms with van der Waals surface area (Å²) in [6.45, 7) is 0.260. The molecule has 0 unspecified atom stereocenters. The molecule has 2 rings (SSSR count). The number of hydrogen-bond acceptors (Lipinski definition) is 2. The molecule has 20 heavy (non-hydrogen) atoms. The van der Waals surface area contributed by atoms with Gasteiger partial charge in [-0.25, -0.2) is 8.78 Å². The first-order valence-corrected chi connectivity index (χ1v) is 6.14. The average molecular weight is 276 g/mol. The smallest absolute Gasteiger partial charge is 0.251 e. The zero-order valence-corrected chi connectivity index (χ0v) is 10.7. The molecular weight excluding hydrogens is 262 g/mol. The lowest BCUT2D eigenvalue weighted by Crippen LogP contribution is -2.26. The number of nitrogens with one attached hydrogen (secondary N) is 1. The highest BCUT2D eigenvalue weighted by Crippen LogP contribution is 2.10. The third-order valence-corrected chi connectivity index (χ3v) is 2.84. The first kappa shape index (κ1) is 14.0. The van der Waals surface area contributed by atoms with Crippen molar-refractivity contribution in [3.8, 4) is 0 Å². The summed E-state index contributed by atoms with van der Waals surface area (Å²) in [4.78, 5) is 11.8. The van der Waals surface area contributed by atoms with Crippen LogP contribution in [0.5, 0.6) is 0 Å². The standard InChI is InChI=1S/C15H14F2N2O/c16-12-5-4-10(14(17)9-12)6-7-19-15(20)11-2-1-3-13(18)8-11/h1-5,8-9H,6-7,18H2,(H,19,20). The van der Waals surface area contributed by atoms with Gasteiger partial charge in [0.05, 0.1) is 0 Å². The molecule has 0 atom stereocenters. The second kappa shape index (κ2) is 6.14. The highest BCUT2D eigenvalue weighted by Gasteiger charge is 2.07. The molecule has 0 bridgehead atoms. The van der Waals surface area contributed by atoms with E-state index in [2.05, 4.69) is 5.32 Å². The number of amides is 1. The lowest BCUT2D eigenvalue weighted by molar-refractivity contribution is 0.0954. The third-order valence-electron chi connectivity index (χ3n) is 2.84. The largest absolute Gasteiger partial charge is 0.399 e. The summed E-state index contributed by atoms with van der Waals surface area (Å²) in [5.41, 5.74) is 6.90. The van der Waals surface area contributed by atoms with Gasteiger partial charge in [0.15, 0.2) is 0 Å². The van der Waals surface area contributed by atoms with Crippen LogP contribution in [-0.2, 0) is 6.42 Å². The molecule has 0 aliphatic heterocycles. The fourth-order valence-electron chi connectivity index (χ4n) is 1.82. The monoisotopic (exact) mass is 276 g/mol. The second-order valence-corrected chi connectivity index (χ2v) is 4.37. The van der Waals surface area contributed by atoms with Crippen LogP contribution in [0.15, 0.2) is 42.5 Å². The Bertz CT molecular complexity index is 629. The maximum Gasteiger partial charge on any atom is 0.251 e. The Morgan fingerprint density at radius 3 is 2.65 bits per heavy atom. The summed E-state index contributed by atoms with van der Waals surface area (Å²) < 4.78 is 26.1. The lowest BCUT2D eigenvalue weighted by atomic mass is 10.1. The number of rotatable bonds is 4. The number of hydrogen-bond donors (Lipinski definition) is 2. The van der Waals surface area contributed by atoms with Crippen LogP contribution < -0.4 is 11.1 Å². The zero-order valence-electron chi connectivity index (χ0n) is 10.7. The van der Waals surface area contributed by atoms with Gasteiger partial charge in [-0.1, -0.05) is 12.1 Å². The van der Waals surface area contributed by atoms with Crippen LogP contribution in [0, 0.1) is 11.6 Å². The fourth-order valence-corrected chi connectivity index (χ4v) is 1.82. The molecule has 0 radical (unpaired) electrons. The molecule has 0 aliphatic rings. The maximum atomic E-state index is 13.4. The molecule has 2 aromatic rings. The van der Waals surface area contributed by atoms with Gasteiger partial charge in [-0.3, -0.25) is 4.79 Å². The molecule has 0 fully saturated rings. The van der Waals surface area contributed by atoms with Crippen molar-refractivity contribution in [1.82, 2.24) is 5.32 Å². The quantitative estimate of drug-likeness (QED) is 0.843. The number of halogens is 2. The van der Waals surface area contributed by atoms with E-state index in [1.165, 1.54) is 12.1 Å². The predicted octanol–water partition coefficient (Wildman–Crippen LogP) is 2.52. The Morgan fingerprint density at radius 2 is 1.95 bits per heavy atom. The number of nitrogen functional groups attached to an aromatic ring is 1. The molecule has 3 nitrogen and oxygen atoms in total. The second-order valence-electron chi connectivity index (χ2n) is 4.37.